The molecule has 0 radical (unpaired) electrons. The molecular weight excluding hydrogens is 433 g/mol. The van der Waals surface area contributed by atoms with Crippen molar-refractivity contribution in [3.63, 3.8) is 0 Å². The van der Waals surface area contributed by atoms with Crippen LogP contribution in [0.4, 0.5) is 5.82 Å². The molecule has 0 bridgehead atoms. The molecule has 1 amide bonds. The lowest BCUT2D eigenvalue weighted by Gasteiger charge is -2.13. The first-order chi connectivity index (χ1) is 14.9. The lowest BCUT2D eigenvalue weighted by molar-refractivity contribution is -0.120. The number of rotatable bonds is 7. The number of nitrogens with one attached hydrogen (secondary N) is 2. The Balaban J connectivity index is 1.65. The van der Waals surface area contributed by atoms with Crippen molar-refractivity contribution in [3.05, 3.63) is 64.1 Å². The van der Waals surface area contributed by atoms with Gasteiger partial charge in [-0.15, -0.1) is 0 Å². The molecule has 7 heteroatoms. The van der Waals surface area contributed by atoms with Gasteiger partial charge in [0.25, 0.3) is 0 Å². The maximum atomic E-state index is 12.0. The average Bonchev–Trinajstić information content (AvgIpc) is 3.54. The molecule has 31 heavy (non-hydrogen) atoms. The van der Waals surface area contributed by atoms with Crippen LogP contribution in [0.25, 0.3) is 22.4 Å². The molecule has 3 N–H and O–H groups in total. The third kappa shape index (κ3) is 5.49. The first-order valence-corrected chi connectivity index (χ1v) is 11.0. The smallest absolute Gasteiger partial charge is 0.221 e. The number of hydrogen-bond acceptors (Lipinski definition) is 4. The molecule has 0 aliphatic heterocycles. The van der Waals surface area contributed by atoms with Gasteiger partial charge in [-0.1, -0.05) is 35.3 Å². The van der Waals surface area contributed by atoms with Crippen molar-refractivity contribution < 1.29 is 9.90 Å². The molecular formula is C24H23Cl2N3O2. The topological polar surface area (TPSA) is 74.2 Å². The van der Waals surface area contributed by atoms with Crippen LogP contribution in [0, 0.1) is 6.92 Å². The van der Waals surface area contributed by atoms with Gasteiger partial charge in [-0.3, -0.25) is 4.79 Å². The highest BCUT2D eigenvalue weighted by molar-refractivity contribution is 6.31. The summed E-state index contributed by atoms with van der Waals surface area (Å²) in [6.45, 7) is 2.28. The van der Waals surface area contributed by atoms with E-state index in [4.69, 9.17) is 23.2 Å². The number of aromatic hydroxyl groups is 1. The van der Waals surface area contributed by atoms with Crippen molar-refractivity contribution in [2.45, 2.75) is 32.2 Å². The van der Waals surface area contributed by atoms with Gasteiger partial charge < -0.3 is 15.7 Å². The van der Waals surface area contributed by atoms with E-state index < -0.39 is 0 Å². The molecule has 160 valence electrons. The van der Waals surface area contributed by atoms with Gasteiger partial charge in [0.05, 0.1) is 5.69 Å². The number of phenols is 1. The van der Waals surface area contributed by atoms with Crippen LogP contribution in [-0.4, -0.2) is 28.6 Å². The summed E-state index contributed by atoms with van der Waals surface area (Å²) in [5.41, 5.74) is 3.70. The van der Waals surface area contributed by atoms with Crippen LogP contribution in [0.1, 0.15) is 24.8 Å². The summed E-state index contributed by atoms with van der Waals surface area (Å²) >= 11 is 12.5. The van der Waals surface area contributed by atoms with Gasteiger partial charge in [-0.25, -0.2) is 4.98 Å². The van der Waals surface area contributed by atoms with E-state index in [0.717, 1.165) is 29.5 Å². The molecule has 1 fully saturated rings. The number of carbonyl (C=O) groups is 1. The molecule has 3 aromatic rings. The van der Waals surface area contributed by atoms with E-state index in [2.05, 4.69) is 15.6 Å². The highest BCUT2D eigenvalue weighted by atomic mass is 35.5. The van der Waals surface area contributed by atoms with Crippen molar-refractivity contribution >= 4 is 34.9 Å². The fourth-order valence-corrected chi connectivity index (χ4v) is 3.65. The maximum absolute atomic E-state index is 12.0. The van der Waals surface area contributed by atoms with E-state index in [0.29, 0.717) is 46.1 Å². The number of anilines is 1. The number of phenolic OH excluding ortho intramolecular Hbond substituents is 1. The summed E-state index contributed by atoms with van der Waals surface area (Å²) in [4.78, 5) is 16.6. The predicted molar refractivity (Wildman–Crippen MR) is 126 cm³/mol. The monoisotopic (exact) mass is 455 g/mol. The standard InChI is InChI=1S/C24H23Cl2N3O2/c1-14-9-22(30)19(13-20(14)26)21-11-16(15-3-2-4-17(25)10-15)12-23(29-21)27-8-7-24(31)28-18-5-6-18/h2-4,9-13,18,30H,5-8H2,1H3,(H,27,29)(H,28,31). The zero-order chi connectivity index (χ0) is 22.0. The summed E-state index contributed by atoms with van der Waals surface area (Å²) in [6, 6.07) is 15.0. The molecule has 5 nitrogen and oxygen atoms in total. The quantitative estimate of drug-likeness (QED) is 0.419. The molecule has 0 unspecified atom stereocenters. The normalized spacial score (nSPS) is 13.1. The molecule has 1 aliphatic carbocycles. The minimum absolute atomic E-state index is 0.0316. The van der Waals surface area contributed by atoms with Gasteiger partial charge in [0.2, 0.25) is 5.91 Å². The Morgan fingerprint density at radius 2 is 1.94 bits per heavy atom. The SMILES string of the molecule is Cc1cc(O)c(-c2cc(-c3cccc(Cl)c3)cc(NCCC(=O)NC3CC3)n2)cc1Cl. The van der Waals surface area contributed by atoms with Crippen LogP contribution in [0.2, 0.25) is 10.0 Å². The average molecular weight is 456 g/mol. The molecule has 1 aromatic heterocycles. The molecule has 2 aromatic carbocycles. The Morgan fingerprint density at radius 1 is 1.13 bits per heavy atom. The van der Waals surface area contributed by atoms with Gasteiger partial charge in [-0.05, 0) is 72.9 Å². The van der Waals surface area contributed by atoms with E-state index in [-0.39, 0.29) is 11.7 Å². The number of hydrogen-bond donors (Lipinski definition) is 3. The predicted octanol–water partition coefficient (Wildman–Crippen LogP) is 5.82. The second kappa shape index (κ2) is 9.16. The number of aryl methyl sites for hydroxylation is 1. The van der Waals surface area contributed by atoms with Gasteiger partial charge in [0.1, 0.15) is 11.6 Å². The molecule has 4 rings (SSSR count). The number of amides is 1. The maximum Gasteiger partial charge on any atom is 0.221 e. The van der Waals surface area contributed by atoms with Crippen molar-refractivity contribution in [3.8, 4) is 28.1 Å². The highest BCUT2D eigenvalue weighted by Crippen LogP contribution is 2.36. The zero-order valence-electron chi connectivity index (χ0n) is 17.1. The Hall–Kier alpha value is -2.76. The third-order valence-corrected chi connectivity index (χ3v) is 5.78. The third-order valence-electron chi connectivity index (χ3n) is 5.14. The summed E-state index contributed by atoms with van der Waals surface area (Å²) in [5.74, 6) is 0.736. The van der Waals surface area contributed by atoms with E-state index in [1.165, 1.54) is 0 Å². The van der Waals surface area contributed by atoms with E-state index in [1.54, 1.807) is 12.1 Å². The van der Waals surface area contributed by atoms with Crippen LogP contribution in [0.15, 0.2) is 48.5 Å². The van der Waals surface area contributed by atoms with Crippen LogP contribution in [-0.2, 0) is 4.79 Å². The zero-order valence-corrected chi connectivity index (χ0v) is 18.6. The van der Waals surface area contributed by atoms with Crippen molar-refractivity contribution in [2.24, 2.45) is 0 Å². The molecule has 0 saturated heterocycles. The van der Waals surface area contributed by atoms with Gasteiger partial charge in [0.15, 0.2) is 0 Å². The number of pyridine rings is 1. The summed E-state index contributed by atoms with van der Waals surface area (Å²) in [7, 11) is 0. The fourth-order valence-electron chi connectivity index (χ4n) is 3.30. The summed E-state index contributed by atoms with van der Waals surface area (Å²) < 4.78 is 0. The molecule has 0 spiro atoms. The Labute approximate surface area is 191 Å². The first-order valence-electron chi connectivity index (χ1n) is 10.2. The van der Waals surface area contributed by atoms with E-state index in [9.17, 15) is 9.90 Å². The Morgan fingerprint density at radius 3 is 2.68 bits per heavy atom. The van der Waals surface area contributed by atoms with Crippen LogP contribution in [0.5, 0.6) is 5.75 Å². The minimum atomic E-state index is 0.0316. The fraction of sp³-hybridized carbons (Fsp3) is 0.250. The van der Waals surface area contributed by atoms with Crippen molar-refractivity contribution in [1.82, 2.24) is 10.3 Å². The molecule has 0 atom stereocenters. The lowest BCUT2D eigenvalue weighted by Crippen LogP contribution is -2.27. The van der Waals surface area contributed by atoms with Crippen LogP contribution >= 0.6 is 23.2 Å². The Bertz CT molecular complexity index is 1130. The second-order valence-corrected chi connectivity index (χ2v) is 8.62. The van der Waals surface area contributed by atoms with Crippen molar-refractivity contribution in [2.75, 3.05) is 11.9 Å². The first kappa shape index (κ1) is 21.5. The largest absolute Gasteiger partial charge is 0.507 e. The summed E-state index contributed by atoms with van der Waals surface area (Å²) in [6.07, 6.45) is 2.49. The number of benzene rings is 2. The molecule has 1 heterocycles. The van der Waals surface area contributed by atoms with Crippen LogP contribution in [0.3, 0.4) is 0 Å². The number of carbonyl (C=O) groups excluding carboxylic acids is 1. The Kier molecular flexibility index (Phi) is 6.35. The van der Waals surface area contributed by atoms with Gasteiger partial charge in [-0.2, -0.15) is 0 Å². The molecule has 1 aliphatic rings. The highest BCUT2D eigenvalue weighted by Gasteiger charge is 2.22. The van der Waals surface area contributed by atoms with E-state index in [1.807, 2.05) is 43.3 Å². The second-order valence-electron chi connectivity index (χ2n) is 7.77. The molecule has 1 saturated carbocycles. The summed E-state index contributed by atoms with van der Waals surface area (Å²) in [5, 5.41) is 17.9. The number of aromatic nitrogens is 1. The van der Waals surface area contributed by atoms with Crippen LogP contribution < -0.4 is 10.6 Å². The van der Waals surface area contributed by atoms with Crippen molar-refractivity contribution in [1.29, 1.82) is 0 Å². The number of halogens is 2. The van der Waals surface area contributed by atoms with Gasteiger partial charge in [0, 0.05) is 34.6 Å². The minimum Gasteiger partial charge on any atom is -0.507 e. The van der Waals surface area contributed by atoms with Gasteiger partial charge >= 0.3 is 0 Å². The van der Waals surface area contributed by atoms with E-state index >= 15 is 0 Å². The number of nitrogens with zero attached hydrogens (tertiary/aromatic N) is 1. The lowest BCUT2D eigenvalue weighted by atomic mass is 10.0.